The number of carbonyl (C=O) groups is 1. The molecule has 6 rings (SSSR count). The number of piperazine rings is 1. The molecule has 9 nitrogen and oxygen atoms in total. The molecule has 0 aromatic heterocycles. The van der Waals surface area contributed by atoms with Gasteiger partial charge in [-0.3, -0.25) is 9.38 Å². The van der Waals surface area contributed by atoms with E-state index in [-0.39, 0.29) is 12.1 Å². The minimum absolute atomic E-state index is 0.0287. The van der Waals surface area contributed by atoms with E-state index in [4.69, 9.17) is 19.3 Å². The van der Waals surface area contributed by atoms with Crippen LogP contribution in [-0.2, 0) is 22.7 Å². The number of hydrogen-bond donors (Lipinski definition) is 3. The maximum absolute atomic E-state index is 11.1. The number of quaternary nitrogens is 1. The first-order valence-electron chi connectivity index (χ1n) is 18.7. The van der Waals surface area contributed by atoms with Crippen molar-refractivity contribution in [3.8, 4) is 5.75 Å². The molecule has 9 heteroatoms. The molecule has 2 aliphatic heterocycles. The number of benzene rings is 4. The summed E-state index contributed by atoms with van der Waals surface area (Å²) in [6.45, 7) is 8.49. The highest BCUT2D eigenvalue weighted by molar-refractivity contribution is 5.82. The Labute approximate surface area is 303 Å². The van der Waals surface area contributed by atoms with Gasteiger partial charge >= 0.3 is 6.09 Å². The van der Waals surface area contributed by atoms with Crippen LogP contribution in [-0.4, -0.2) is 94.3 Å². The zero-order valence-corrected chi connectivity index (χ0v) is 30.1. The molecule has 2 heterocycles. The predicted molar refractivity (Wildman–Crippen MR) is 204 cm³/mol. The first-order chi connectivity index (χ1) is 25.0. The lowest BCUT2D eigenvalue weighted by molar-refractivity contribution is -0.0750. The van der Waals surface area contributed by atoms with Crippen LogP contribution in [0.15, 0.2) is 97.1 Å². The Morgan fingerprint density at radius 1 is 0.941 bits per heavy atom. The number of fused-ring (bicyclic) bond motifs is 1. The van der Waals surface area contributed by atoms with E-state index < -0.39 is 6.09 Å². The Morgan fingerprint density at radius 3 is 2.53 bits per heavy atom. The van der Waals surface area contributed by atoms with E-state index in [9.17, 15) is 4.79 Å². The summed E-state index contributed by atoms with van der Waals surface area (Å²) in [5.41, 5.74) is 3.63. The topological polar surface area (TPSA) is 92.3 Å². The Bertz CT molecular complexity index is 1650. The van der Waals surface area contributed by atoms with Gasteiger partial charge in [-0.25, -0.2) is 4.79 Å². The average Bonchev–Trinajstić information content (AvgIpc) is 3.17. The summed E-state index contributed by atoms with van der Waals surface area (Å²) in [5, 5.41) is 17.8. The van der Waals surface area contributed by atoms with Crippen LogP contribution in [0.2, 0.25) is 0 Å². The van der Waals surface area contributed by atoms with Crippen LogP contribution in [0, 0.1) is 5.92 Å². The predicted octanol–water partition coefficient (Wildman–Crippen LogP) is 6.69. The molecule has 3 N–H and O–H groups in total. The van der Waals surface area contributed by atoms with Crippen molar-refractivity contribution in [2.24, 2.45) is 5.92 Å². The molecular formula is C42H55N4O5+. The van der Waals surface area contributed by atoms with Gasteiger partial charge in [0.15, 0.2) is 0 Å². The molecule has 4 unspecified atom stereocenters. The van der Waals surface area contributed by atoms with Gasteiger partial charge in [0, 0.05) is 50.7 Å². The maximum Gasteiger partial charge on any atom is 0.404 e. The van der Waals surface area contributed by atoms with Crippen LogP contribution in [0.3, 0.4) is 0 Å². The van der Waals surface area contributed by atoms with Crippen molar-refractivity contribution < 1.29 is 24.1 Å². The molecule has 2 aliphatic rings. The molecule has 4 aromatic rings. The molecule has 2 saturated heterocycles. The second-order valence-electron chi connectivity index (χ2n) is 14.2. The number of nitrogens with zero attached hydrogens (tertiary/aromatic N) is 2. The number of nitrogens with one attached hydrogen (secondary N) is 2. The van der Waals surface area contributed by atoms with E-state index in [1.807, 2.05) is 18.2 Å². The third-order valence-corrected chi connectivity index (χ3v) is 10.7. The normalized spacial score (nSPS) is 21.7. The van der Waals surface area contributed by atoms with Crippen molar-refractivity contribution in [3.63, 3.8) is 0 Å². The van der Waals surface area contributed by atoms with Gasteiger partial charge in [0.05, 0.1) is 46.6 Å². The summed E-state index contributed by atoms with van der Waals surface area (Å²) in [6.07, 6.45) is 2.95. The van der Waals surface area contributed by atoms with Crippen molar-refractivity contribution in [2.45, 2.75) is 51.0 Å². The second kappa shape index (κ2) is 18.5. The van der Waals surface area contributed by atoms with E-state index in [1.54, 1.807) is 0 Å². The highest BCUT2D eigenvalue weighted by atomic mass is 16.5. The molecule has 0 bridgehead atoms. The molecule has 51 heavy (non-hydrogen) atoms. The summed E-state index contributed by atoms with van der Waals surface area (Å²) in [5.74, 6) is 1.26. The molecule has 1 amide bonds. The monoisotopic (exact) mass is 695 g/mol. The Balaban J connectivity index is 1.16. The Morgan fingerprint density at radius 2 is 1.75 bits per heavy atom. The molecule has 272 valence electrons. The lowest BCUT2D eigenvalue weighted by atomic mass is 9.86. The maximum atomic E-state index is 11.1. The fourth-order valence-electron chi connectivity index (χ4n) is 7.74. The van der Waals surface area contributed by atoms with Crippen LogP contribution < -0.4 is 19.9 Å². The number of carboxylic acid groups (broad SMARTS) is 1. The van der Waals surface area contributed by atoms with E-state index >= 15 is 0 Å². The van der Waals surface area contributed by atoms with Crippen LogP contribution in [0.1, 0.15) is 36.8 Å². The van der Waals surface area contributed by atoms with E-state index in [1.165, 1.54) is 27.6 Å². The summed E-state index contributed by atoms with van der Waals surface area (Å²) in [6, 6.07) is 34.3. The second-order valence-corrected chi connectivity index (χ2v) is 14.2. The third-order valence-electron chi connectivity index (χ3n) is 10.7. The molecule has 0 spiro atoms. The van der Waals surface area contributed by atoms with Crippen molar-refractivity contribution in [3.05, 3.63) is 108 Å². The van der Waals surface area contributed by atoms with Gasteiger partial charge in [0.25, 0.3) is 0 Å². The van der Waals surface area contributed by atoms with Crippen molar-refractivity contribution >= 4 is 22.6 Å². The smallest absolute Gasteiger partial charge is 0.404 e. The number of hydrogen-bond acceptors (Lipinski definition) is 6. The third kappa shape index (κ3) is 10.3. The van der Waals surface area contributed by atoms with Gasteiger partial charge in [-0.15, -0.1) is 0 Å². The molecule has 0 saturated carbocycles. The van der Waals surface area contributed by atoms with Crippen molar-refractivity contribution in [1.29, 1.82) is 0 Å². The first kappa shape index (κ1) is 36.8. The minimum Gasteiger partial charge on any atom is -0.494 e. The van der Waals surface area contributed by atoms with Crippen LogP contribution in [0.5, 0.6) is 5.75 Å². The average molecular weight is 696 g/mol. The fraction of sp³-hybridized carbons (Fsp3) is 0.452. The van der Waals surface area contributed by atoms with Gasteiger partial charge in [-0.2, -0.15) is 0 Å². The lowest BCUT2D eigenvalue weighted by Crippen LogP contribution is -2.70. The zero-order chi connectivity index (χ0) is 35.3. The fourth-order valence-corrected chi connectivity index (χ4v) is 7.74. The number of rotatable bonds is 17. The van der Waals surface area contributed by atoms with E-state index in [0.717, 1.165) is 75.2 Å². The SMILES string of the molecule is C[N+]1(c2ccc(OCCCOCc3ccccc3)cc2)CCN(CCCNC(=O)O)CC1C(OCc1ccc2ccccc2c1)C1CCCNC1. The Kier molecular flexibility index (Phi) is 13.3. The van der Waals surface area contributed by atoms with Gasteiger partial charge in [0.1, 0.15) is 23.6 Å². The van der Waals surface area contributed by atoms with Crippen LogP contribution in [0.25, 0.3) is 10.8 Å². The van der Waals surface area contributed by atoms with Gasteiger partial charge in [0.2, 0.25) is 0 Å². The molecule has 4 aromatic carbocycles. The molecule has 2 fully saturated rings. The van der Waals surface area contributed by atoms with Crippen molar-refractivity contribution in [1.82, 2.24) is 20.0 Å². The Hall–Kier alpha value is -3.99. The summed E-state index contributed by atoms with van der Waals surface area (Å²) in [7, 11) is 2.37. The minimum atomic E-state index is -0.966. The van der Waals surface area contributed by atoms with Crippen LogP contribution in [0.4, 0.5) is 10.5 Å². The summed E-state index contributed by atoms with van der Waals surface area (Å²) < 4.78 is 19.9. The quantitative estimate of drug-likeness (QED) is 0.0838. The number of piperidine rings is 1. The largest absolute Gasteiger partial charge is 0.494 e. The first-order valence-corrected chi connectivity index (χ1v) is 18.7. The highest BCUT2D eigenvalue weighted by Crippen LogP contribution is 2.36. The molecule has 4 atom stereocenters. The van der Waals surface area contributed by atoms with E-state index in [0.29, 0.717) is 38.9 Å². The number of likely N-dealkylation sites (N-methyl/N-ethyl adjacent to an activating group) is 1. The zero-order valence-electron chi connectivity index (χ0n) is 30.1. The van der Waals surface area contributed by atoms with Gasteiger partial charge in [-0.05, 0) is 65.9 Å². The highest BCUT2D eigenvalue weighted by Gasteiger charge is 2.48. The number of ether oxygens (including phenoxy) is 3. The molecule has 0 aliphatic carbocycles. The summed E-state index contributed by atoms with van der Waals surface area (Å²) in [4.78, 5) is 13.6. The molecular weight excluding hydrogens is 640 g/mol. The lowest BCUT2D eigenvalue weighted by Gasteiger charge is -2.52. The molecule has 0 radical (unpaired) electrons. The number of amides is 1. The van der Waals surface area contributed by atoms with Crippen LogP contribution >= 0.6 is 0 Å². The standard InChI is InChI=1S/C42H54N4O5/c1-46(38-17-19-39(20-18-38)50-27-9-26-49-31-33-10-3-2-4-11-33)25-24-45(23-8-22-44-42(47)48)30-40(46)41(37-14-7-21-43-29-37)51-32-34-15-16-35-12-5-6-13-36(35)28-34/h2-6,10-13,15-20,28,37,40-41,43-44H,7-9,14,21-27,29-32H2,1H3/p+1. The van der Waals surface area contributed by atoms with Crippen molar-refractivity contribution in [2.75, 3.05) is 66.1 Å². The van der Waals surface area contributed by atoms with Gasteiger partial charge in [-0.1, -0.05) is 66.7 Å². The van der Waals surface area contributed by atoms with E-state index in [2.05, 4.69) is 101 Å². The summed E-state index contributed by atoms with van der Waals surface area (Å²) >= 11 is 0. The van der Waals surface area contributed by atoms with Gasteiger partial charge < -0.3 is 30.0 Å².